The van der Waals surface area contributed by atoms with Crippen LogP contribution in [0.1, 0.15) is 18.9 Å². The predicted molar refractivity (Wildman–Crippen MR) is 115 cm³/mol. The highest BCUT2D eigenvalue weighted by molar-refractivity contribution is 5.66. The molecule has 28 heavy (non-hydrogen) atoms. The fourth-order valence-corrected chi connectivity index (χ4v) is 3.03. The van der Waals surface area contributed by atoms with Crippen molar-refractivity contribution >= 4 is 29.2 Å². The number of aromatic nitrogens is 2. The summed E-state index contributed by atoms with van der Waals surface area (Å²) < 4.78 is 0. The lowest BCUT2D eigenvalue weighted by molar-refractivity contribution is 0.313. The van der Waals surface area contributed by atoms with Gasteiger partial charge in [-0.15, -0.1) is 0 Å². The highest BCUT2D eigenvalue weighted by atomic mass is 15.2. The van der Waals surface area contributed by atoms with Crippen LogP contribution in [-0.2, 0) is 0 Å². The SMILES string of the molecule is CCCNc1nc(Nc2ccc(N3CCN(C)CC3)cc2)ncc1C=CC#N. The molecule has 0 atom stereocenters. The quantitative estimate of drug-likeness (QED) is 0.716. The molecule has 2 aromatic rings. The Morgan fingerprint density at radius 2 is 1.93 bits per heavy atom. The van der Waals surface area contributed by atoms with E-state index in [-0.39, 0.29) is 0 Å². The molecule has 1 saturated heterocycles. The van der Waals surface area contributed by atoms with Gasteiger partial charge in [-0.1, -0.05) is 6.92 Å². The van der Waals surface area contributed by atoms with E-state index < -0.39 is 0 Å². The Morgan fingerprint density at radius 1 is 1.18 bits per heavy atom. The summed E-state index contributed by atoms with van der Waals surface area (Å²) in [6, 6.07) is 10.4. The number of allylic oxidation sites excluding steroid dienone is 1. The second-order valence-electron chi connectivity index (χ2n) is 6.85. The Kier molecular flexibility index (Phi) is 6.82. The van der Waals surface area contributed by atoms with E-state index in [0.717, 1.165) is 56.2 Å². The number of rotatable bonds is 7. The number of likely N-dealkylation sites (N-methyl/N-ethyl adjacent to an activating group) is 1. The van der Waals surface area contributed by atoms with Gasteiger partial charge in [0, 0.05) is 61.9 Å². The summed E-state index contributed by atoms with van der Waals surface area (Å²) in [5.41, 5.74) is 2.98. The second kappa shape index (κ2) is 9.72. The van der Waals surface area contributed by atoms with Crippen molar-refractivity contribution in [3.8, 4) is 6.07 Å². The number of nitrogens with one attached hydrogen (secondary N) is 2. The van der Waals surface area contributed by atoms with Crippen LogP contribution in [0.3, 0.4) is 0 Å². The average molecular weight is 377 g/mol. The van der Waals surface area contributed by atoms with E-state index in [0.29, 0.717) is 5.95 Å². The first-order chi connectivity index (χ1) is 13.7. The summed E-state index contributed by atoms with van der Waals surface area (Å²) in [5, 5.41) is 15.3. The van der Waals surface area contributed by atoms with E-state index in [1.54, 1.807) is 12.3 Å². The van der Waals surface area contributed by atoms with Crippen LogP contribution >= 0.6 is 0 Å². The zero-order chi connectivity index (χ0) is 19.8. The maximum Gasteiger partial charge on any atom is 0.229 e. The first-order valence-corrected chi connectivity index (χ1v) is 9.67. The summed E-state index contributed by atoms with van der Waals surface area (Å²) in [6.45, 7) is 7.19. The molecule has 0 saturated carbocycles. The minimum Gasteiger partial charge on any atom is -0.369 e. The lowest BCUT2D eigenvalue weighted by atomic mass is 10.2. The van der Waals surface area contributed by atoms with Crippen LogP contribution < -0.4 is 15.5 Å². The fraction of sp³-hybridized carbons (Fsp3) is 0.381. The van der Waals surface area contributed by atoms with E-state index in [9.17, 15) is 0 Å². The van der Waals surface area contributed by atoms with Crippen molar-refractivity contribution in [2.24, 2.45) is 0 Å². The van der Waals surface area contributed by atoms with Gasteiger partial charge in [0.15, 0.2) is 0 Å². The number of hydrogen-bond acceptors (Lipinski definition) is 7. The highest BCUT2D eigenvalue weighted by Crippen LogP contribution is 2.22. The molecule has 0 bridgehead atoms. The summed E-state index contributed by atoms with van der Waals surface area (Å²) >= 11 is 0. The first-order valence-electron chi connectivity index (χ1n) is 9.67. The number of hydrogen-bond donors (Lipinski definition) is 2. The minimum atomic E-state index is 0.528. The molecule has 2 N–H and O–H groups in total. The molecular formula is C21H27N7. The van der Waals surface area contributed by atoms with Gasteiger partial charge < -0.3 is 20.4 Å². The van der Waals surface area contributed by atoms with Crippen molar-refractivity contribution in [2.45, 2.75) is 13.3 Å². The Bertz CT molecular complexity index is 831. The summed E-state index contributed by atoms with van der Waals surface area (Å²) in [7, 11) is 2.16. The average Bonchev–Trinajstić information content (AvgIpc) is 2.73. The zero-order valence-corrected chi connectivity index (χ0v) is 16.5. The lowest BCUT2D eigenvalue weighted by Gasteiger charge is -2.34. The van der Waals surface area contributed by atoms with Crippen molar-refractivity contribution in [3.63, 3.8) is 0 Å². The van der Waals surface area contributed by atoms with Gasteiger partial charge in [-0.3, -0.25) is 0 Å². The third kappa shape index (κ3) is 5.21. The Hall–Kier alpha value is -3.11. The number of nitriles is 1. The van der Waals surface area contributed by atoms with Crippen molar-refractivity contribution < 1.29 is 0 Å². The maximum absolute atomic E-state index is 8.76. The van der Waals surface area contributed by atoms with Gasteiger partial charge in [-0.2, -0.15) is 10.2 Å². The molecule has 3 rings (SSSR count). The van der Waals surface area contributed by atoms with Crippen LogP contribution in [0.2, 0.25) is 0 Å². The normalized spacial score (nSPS) is 14.8. The Labute approximate surface area is 166 Å². The molecule has 1 aromatic heterocycles. The molecule has 0 spiro atoms. The highest BCUT2D eigenvalue weighted by Gasteiger charge is 2.14. The van der Waals surface area contributed by atoms with Crippen LogP contribution in [0.4, 0.5) is 23.1 Å². The van der Waals surface area contributed by atoms with Gasteiger partial charge in [-0.25, -0.2) is 4.98 Å². The maximum atomic E-state index is 8.76. The van der Waals surface area contributed by atoms with Gasteiger partial charge in [-0.05, 0) is 43.8 Å². The number of nitrogens with zero attached hydrogens (tertiary/aromatic N) is 5. The molecule has 1 aliphatic heterocycles. The van der Waals surface area contributed by atoms with Gasteiger partial charge in [0.2, 0.25) is 5.95 Å². The van der Waals surface area contributed by atoms with Crippen LogP contribution in [0.15, 0.2) is 36.5 Å². The monoisotopic (exact) mass is 377 g/mol. The van der Waals surface area contributed by atoms with E-state index in [1.807, 2.05) is 6.07 Å². The molecule has 0 unspecified atom stereocenters. The molecule has 0 radical (unpaired) electrons. The molecule has 1 aromatic carbocycles. The van der Waals surface area contributed by atoms with Crippen LogP contribution in [0.5, 0.6) is 0 Å². The Balaban J connectivity index is 1.70. The summed E-state index contributed by atoms with van der Waals surface area (Å²) in [6.07, 6.45) is 5.86. The van der Waals surface area contributed by atoms with Crippen LogP contribution in [-0.4, -0.2) is 54.6 Å². The molecular weight excluding hydrogens is 350 g/mol. The summed E-state index contributed by atoms with van der Waals surface area (Å²) in [4.78, 5) is 13.7. The van der Waals surface area contributed by atoms with E-state index in [2.05, 4.69) is 68.6 Å². The Morgan fingerprint density at radius 3 is 2.61 bits per heavy atom. The predicted octanol–water partition coefficient (Wildman–Crippen LogP) is 3.33. The number of anilines is 4. The van der Waals surface area contributed by atoms with Crippen LogP contribution in [0, 0.1) is 11.3 Å². The van der Waals surface area contributed by atoms with Gasteiger partial charge in [0.05, 0.1) is 6.07 Å². The molecule has 7 heteroatoms. The second-order valence-corrected chi connectivity index (χ2v) is 6.85. The van der Waals surface area contributed by atoms with Gasteiger partial charge in [0.1, 0.15) is 5.82 Å². The molecule has 2 heterocycles. The lowest BCUT2D eigenvalue weighted by Crippen LogP contribution is -2.44. The zero-order valence-electron chi connectivity index (χ0n) is 16.5. The van der Waals surface area contributed by atoms with E-state index in [4.69, 9.17) is 5.26 Å². The molecule has 1 fully saturated rings. The topological polar surface area (TPSA) is 80.1 Å². The van der Waals surface area contributed by atoms with E-state index in [1.165, 1.54) is 11.8 Å². The largest absolute Gasteiger partial charge is 0.369 e. The third-order valence-electron chi connectivity index (χ3n) is 4.69. The molecule has 0 aliphatic carbocycles. The molecule has 1 aliphatic rings. The summed E-state index contributed by atoms with van der Waals surface area (Å²) in [5.74, 6) is 1.25. The number of benzene rings is 1. The number of piperazine rings is 1. The van der Waals surface area contributed by atoms with Crippen molar-refractivity contribution in [1.82, 2.24) is 14.9 Å². The van der Waals surface area contributed by atoms with Crippen molar-refractivity contribution in [3.05, 3.63) is 42.1 Å². The smallest absolute Gasteiger partial charge is 0.229 e. The van der Waals surface area contributed by atoms with E-state index >= 15 is 0 Å². The van der Waals surface area contributed by atoms with Gasteiger partial charge in [0.25, 0.3) is 0 Å². The fourth-order valence-electron chi connectivity index (χ4n) is 3.03. The molecule has 7 nitrogen and oxygen atoms in total. The molecule has 0 amide bonds. The minimum absolute atomic E-state index is 0.528. The van der Waals surface area contributed by atoms with Crippen LogP contribution in [0.25, 0.3) is 6.08 Å². The first kappa shape index (κ1) is 19.6. The van der Waals surface area contributed by atoms with Crippen molar-refractivity contribution in [1.29, 1.82) is 5.26 Å². The standard InChI is InChI=1S/C21H27N7/c1-3-11-23-20-17(5-4-10-22)16-24-21(26-20)25-18-6-8-19(9-7-18)28-14-12-27(2)13-15-28/h4-9,16H,3,11-15H2,1-2H3,(H2,23,24,25,26). The van der Waals surface area contributed by atoms with Gasteiger partial charge >= 0.3 is 0 Å². The van der Waals surface area contributed by atoms with Crippen molar-refractivity contribution in [2.75, 3.05) is 55.3 Å². The third-order valence-corrected chi connectivity index (χ3v) is 4.69. The molecule has 146 valence electrons.